The number of carbonyl (C=O) groups is 1. The van der Waals surface area contributed by atoms with E-state index in [4.69, 9.17) is 27.6 Å². The summed E-state index contributed by atoms with van der Waals surface area (Å²) < 4.78 is 7.10. The average Bonchev–Trinajstić information content (AvgIpc) is 3.14. The van der Waals surface area contributed by atoms with Crippen LogP contribution in [0.1, 0.15) is 5.76 Å². The van der Waals surface area contributed by atoms with E-state index in [1.54, 1.807) is 6.26 Å². The van der Waals surface area contributed by atoms with Crippen LogP contribution in [0.25, 0.3) is 11.4 Å². The fourth-order valence-electron chi connectivity index (χ4n) is 2.10. The molecule has 1 N–H and O–H groups in total. The summed E-state index contributed by atoms with van der Waals surface area (Å²) in [7, 11) is 1.83. The van der Waals surface area contributed by atoms with Crippen LogP contribution in [-0.2, 0) is 11.8 Å². The Labute approximate surface area is 157 Å². The molecule has 0 aromatic carbocycles. The highest BCUT2D eigenvalue weighted by molar-refractivity contribution is 7.99. The quantitative estimate of drug-likeness (QED) is 0.658. The highest BCUT2D eigenvalue weighted by Gasteiger charge is 2.16. The molecule has 0 saturated carbocycles. The van der Waals surface area contributed by atoms with Gasteiger partial charge in [0.2, 0.25) is 5.91 Å². The van der Waals surface area contributed by atoms with Crippen molar-refractivity contribution < 1.29 is 9.21 Å². The number of hydrogen-bond acceptors (Lipinski definition) is 6. The molecule has 0 unspecified atom stereocenters. The molecule has 3 aromatic rings. The van der Waals surface area contributed by atoms with Crippen LogP contribution < -0.4 is 5.32 Å². The number of carbonyl (C=O) groups excluding carboxylic acids is 1. The van der Waals surface area contributed by atoms with E-state index in [-0.39, 0.29) is 22.5 Å². The molecule has 0 fully saturated rings. The molecule has 7 nitrogen and oxygen atoms in total. The highest BCUT2D eigenvalue weighted by Crippen LogP contribution is 2.26. The third kappa shape index (κ3) is 3.97. The fourth-order valence-corrected chi connectivity index (χ4v) is 3.24. The Kier molecular flexibility index (Phi) is 5.31. The number of nitrogens with one attached hydrogen (secondary N) is 1. The van der Waals surface area contributed by atoms with Gasteiger partial charge in [0.05, 0.1) is 27.6 Å². The molecule has 0 aliphatic rings. The summed E-state index contributed by atoms with van der Waals surface area (Å²) in [5, 5.41) is 12.2. The minimum atomic E-state index is -0.259. The Bertz CT molecular complexity index is 925. The van der Waals surface area contributed by atoms with Crippen molar-refractivity contribution >= 4 is 46.7 Å². The number of thioether (sulfide) groups is 1. The van der Waals surface area contributed by atoms with Crippen LogP contribution in [0.2, 0.25) is 10.0 Å². The maximum absolute atomic E-state index is 12.1. The minimum absolute atomic E-state index is 0.136. The number of anilines is 1. The van der Waals surface area contributed by atoms with Gasteiger partial charge < -0.3 is 14.3 Å². The number of nitrogens with zero attached hydrogens (tertiary/aromatic N) is 4. The first-order chi connectivity index (χ1) is 12.0. The van der Waals surface area contributed by atoms with Crippen molar-refractivity contribution in [3.8, 4) is 11.4 Å². The summed E-state index contributed by atoms with van der Waals surface area (Å²) in [6, 6.07) is 3.34. The second-order valence-electron chi connectivity index (χ2n) is 5.08. The van der Waals surface area contributed by atoms with Gasteiger partial charge in [0, 0.05) is 13.2 Å². The Morgan fingerprint density at radius 2 is 2.20 bits per heavy atom. The zero-order chi connectivity index (χ0) is 18.0. The molecular formula is C15H13Cl2N5O2S. The lowest BCUT2D eigenvalue weighted by molar-refractivity contribution is -0.113. The Balaban J connectivity index is 1.65. The number of pyridine rings is 1. The summed E-state index contributed by atoms with van der Waals surface area (Å²) in [5.41, 5.74) is 0.864. The summed E-state index contributed by atoms with van der Waals surface area (Å²) >= 11 is 13.0. The second-order valence-corrected chi connectivity index (χ2v) is 6.86. The Hall–Kier alpha value is -2.03. The molecule has 0 atom stereocenters. The first-order valence-corrected chi connectivity index (χ1v) is 8.87. The third-order valence-electron chi connectivity index (χ3n) is 3.33. The van der Waals surface area contributed by atoms with E-state index in [0.717, 1.165) is 11.3 Å². The molecular weight excluding hydrogens is 385 g/mol. The lowest BCUT2D eigenvalue weighted by Crippen LogP contribution is -2.15. The number of hydrogen-bond donors (Lipinski definition) is 1. The number of furan rings is 1. The predicted molar refractivity (Wildman–Crippen MR) is 97.1 cm³/mol. The maximum Gasteiger partial charge on any atom is 0.236 e. The summed E-state index contributed by atoms with van der Waals surface area (Å²) in [5.74, 6) is 1.58. The van der Waals surface area contributed by atoms with E-state index in [1.807, 2.05) is 24.6 Å². The zero-order valence-electron chi connectivity index (χ0n) is 13.3. The predicted octanol–water partition coefficient (Wildman–Crippen LogP) is 3.82. The molecule has 10 heteroatoms. The molecule has 0 aliphatic carbocycles. The van der Waals surface area contributed by atoms with E-state index in [0.29, 0.717) is 16.0 Å². The zero-order valence-corrected chi connectivity index (χ0v) is 15.6. The number of halogens is 2. The van der Waals surface area contributed by atoms with Gasteiger partial charge in [0.15, 0.2) is 16.8 Å². The molecule has 0 radical (unpaired) electrons. The highest BCUT2D eigenvalue weighted by atomic mass is 35.5. The van der Waals surface area contributed by atoms with Crippen molar-refractivity contribution in [1.29, 1.82) is 0 Å². The topological polar surface area (TPSA) is 85.8 Å². The van der Waals surface area contributed by atoms with Crippen LogP contribution in [-0.4, -0.2) is 31.4 Å². The van der Waals surface area contributed by atoms with E-state index in [9.17, 15) is 4.79 Å². The van der Waals surface area contributed by atoms with Gasteiger partial charge in [-0.15, -0.1) is 10.2 Å². The van der Waals surface area contributed by atoms with E-state index < -0.39 is 0 Å². The largest absolute Gasteiger partial charge is 0.469 e. The van der Waals surface area contributed by atoms with Crippen molar-refractivity contribution in [3.63, 3.8) is 0 Å². The van der Waals surface area contributed by atoms with Gasteiger partial charge in [-0.1, -0.05) is 35.0 Å². The molecule has 130 valence electrons. The SMILES string of the molecule is Cc1occc1-c1nnc(SCC(=O)Nc2ncc(Cl)cc2Cl)n1C. The lowest BCUT2D eigenvalue weighted by atomic mass is 10.2. The first kappa shape index (κ1) is 17.8. The van der Waals surface area contributed by atoms with Gasteiger partial charge in [-0.3, -0.25) is 4.79 Å². The molecule has 3 rings (SSSR count). The maximum atomic E-state index is 12.1. The van der Waals surface area contributed by atoms with Gasteiger partial charge in [0.1, 0.15) is 5.76 Å². The fraction of sp³-hybridized carbons (Fsp3) is 0.200. The minimum Gasteiger partial charge on any atom is -0.469 e. The molecule has 0 aliphatic heterocycles. The van der Waals surface area contributed by atoms with Gasteiger partial charge in [-0.25, -0.2) is 4.98 Å². The standard InChI is InChI=1S/C15H13Cl2N5O2S/c1-8-10(3-4-24-8)14-20-21-15(22(14)2)25-7-12(23)19-13-11(17)5-9(16)6-18-13/h3-6H,7H2,1-2H3,(H,18,19,23). The van der Waals surface area contributed by atoms with Crippen molar-refractivity contribution in [3.05, 3.63) is 40.4 Å². The molecule has 0 spiro atoms. The molecule has 3 heterocycles. The third-order valence-corrected chi connectivity index (χ3v) is 4.85. The summed E-state index contributed by atoms with van der Waals surface area (Å²) in [6.07, 6.45) is 3.01. The number of aromatic nitrogens is 4. The number of aryl methyl sites for hydroxylation is 1. The van der Waals surface area contributed by atoms with E-state index in [1.165, 1.54) is 24.0 Å². The van der Waals surface area contributed by atoms with Crippen LogP contribution in [0.15, 0.2) is 34.2 Å². The lowest BCUT2D eigenvalue weighted by Gasteiger charge is -2.06. The summed E-state index contributed by atoms with van der Waals surface area (Å²) in [6.45, 7) is 1.85. The normalized spacial score (nSPS) is 10.9. The molecule has 25 heavy (non-hydrogen) atoms. The van der Waals surface area contributed by atoms with Crippen LogP contribution in [0, 0.1) is 6.92 Å². The average molecular weight is 398 g/mol. The van der Waals surface area contributed by atoms with Crippen LogP contribution in [0.3, 0.4) is 0 Å². The second kappa shape index (κ2) is 7.47. The first-order valence-electron chi connectivity index (χ1n) is 7.13. The summed E-state index contributed by atoms with van der Waals surface area (Å²) in [4.78, 5) is 16.1. The van der Waals surface area contributed by atoms with Crippen molar-refractivity contribution in [2.75, 3.05) is 11.1 Å². The van der Waals surface area contributed by atoms with Crippen molar-refractivity contribution in [2.24, 2.45) is 7.05 Å². The van der Waals surface area contributed by atoms with Gasteiger partial charge >= 0.3 is 0 Å². The van der Waals surface area contributed by atoms with E-state index >= 15 is 0 Å². The van der Waals surface area contributed by atoms with Crippen LogP contribution in [0.5, 0.6) is 0 Å². The molecule has 0 bridgehead atoms. The van der Waals surface area contributed by atoms with Crippen LogP contribution >= 0.6 is 35.0 Å². The monoisotopic (exact) mass is 397 g/mol. The molecule has 1 amide bonds. The Morgan fingerprint density at radius 3 is 2.88 bits per heavy atom. The number of amides is 1. The molecule has 3 aromatic heterocycles. The van der Waals surface area contributed by atoms with E-state index in [2.05, 4.69) is 20.5 Å². The number of rotatable bonds is 5. The van der Waals surface area contributed by atoms with Crippen LogP contribution in [0.4, 0.5) is 5.82 Å². The van der Waals surface area contributed by atoms with Crippen molar-refractivity contribution in [1.82, 2.24) is 19.7 Å². The van der Waals surface area contributed by atoms with Gasteiger partial charge in [-0.2, -0.15) is 0 Å². The molecule has 0 saturated heterocycles. The smallest absolute Gasteiger partial charge is 0.236 e. The Morgan fingerprint density at radius 1 is 1.40 bits per heavy atom. The van der Waals surface area contributed by atoms with Crippen molar-refractivity contribution in [2.45, 2.75) is 12.1 Å². The van der Waals surface area contributed by atoms with Gasteiger partial charge in [0.25, 0.3) is 0 Å². The van der Waals surface area contributed by atoms with Gasteiger partial charge in [-0.05, 0) is 19.1 Å².